The van der Waals surface area contributed by atoms with Crippen molar-refractivity contribution in [2.45, 2.75) is 43.5 Å². The van der Waals surface area contributed by atoms with Gasteiger partial charge in [-0.05, 0) is 37.5 Å². The van der Waals surface area contributed by atoms with E-state index >= 15 is 0 Å². The number of benzene rings is 1. The van der Waals surface area contributed by atoms with E-state index in [1.165, 1.54) is 22.5 Å². The Bertz CT molecular complexity index is 877. The second kappa shape index (κ2) is 7.82. The molecule has 1 aromatic heterocycles. The lowest BCUT2D eigenvalue weighted by Crippen LogP contribution is -2.44. The number of rotatable bonds is 6. The molecule has 1 saturated carbocycles. The molecule has 0 radical (unpaired) electrons. The molecule has 0 atom stereocenters. The molecule has 0 aliphatic heterocycles. The molecule has 0 amide bonds. The first-order valence-electron chi connectivity index (χ1n) is 8.25. The van der Waals surface area contributed by atoms with E-state index in [2.05, 4.69) is 10.1 Å². The fraction of sp³-hybridized carbons (Fsp3) is 0.500. The maximum absolute atomic E-state index is 12.7. The summed E-state index contributed by atoms with van der Waals surface area (Å²) in [4.78, 5) is 4.49. The molecule has 0 bridgehead atoms. The summed E-state index contributed by atoms with van der Waals surface area (Å²) in [6.45, 7) is 4.36. The molecule has 1 aliphatic carbocycles. The van der Waals surface area contributed by atoms with Crippen LogP contribution in [0.5, 0.6) is 0 Å². The Balaban J connectivity index is 0.00000243. The van der Waals surface area contributed by atoms with Gasteiger partial charge in [0.1, 0.15) is 0 Å². The zero-order valence-electron chi connectivity index (χ0n) is 14.6. The highest BCUT2D eigenvalue weighted by Crippen LogP contribution is 2.38. The van der Waals surface area contributed by atoms with Crippen molar-refractivity contribution in [2.75, 3.05) is 13.1 Å². The molecule has 0 unspecified atom stereocenters. The van der Waals surface area contributed by atoms with Crippen molar-refractivity contribution in [1.29, 1.82) is 0 Å². The first kappa shape index (κ1) is 21.1. The Morgan fingerprint density at radius 3 is 2.50 bits per heavy atom. The molecule has 10 heteroatoms. The van der Waals surface area contributed by atoms with Crippen molar-refractivity contribution < 1.29 is 12.9 Å². The minimum Gasteiger partial charge on any atom is -0.334 e. The molecule has 1 aromatic carbocycles. The van der Waals surface area contributed by atoms with Gasteiger partial charge in [0.25, 0.3) is 5.89 Å². The third kappa shape index (κ3) is 3.61. The van der Waals surface area contributed by atoms with E-state index < -0.39 is 15.6 Å². The second-order valence-electron chi connectivity index (χ2n) is 6.16. The fourth-order valence-electron chi connectivity index (χ4n) is 2.86. The third-order valence-electron chi connectivity index (χ3n) is 4.63. The van der Waals surface area contributed by atoms with Crippen LogP contribution in [0.1, 0.15) is 38.9 Å². The van der Waals surface area contributed by atoms with E-state index in [0.29, 0.717) is 29.5 Å². The molecule has 2 aromatic rings. The fourth-order valence-corrected chi connectivity index (χ4v) is 4.54. The third-order valence-corrected chi connectivity index (χ3v) is 7.00. The summed E-state index contributed by atoms with van der Waals surface area (Å²) in [5.74, 6) is 0.607. The summed E-state index contributed by atoms with van der Waals surface area (Å²) < 4.78 is 32.1. The molecule has 144 valence electrons. The number of hydrogen-bond acceptors (Lipinski definition) is 6. The molecule has 1 aliphatic rings. The van der Waals surface area contributed by atoms with Gasteiger partial charge in [0.05, 0.1) is 21.0 Å². The molecule has 26 heavy (non-hydrogen) atoms. The number of sulfonamides is 1. The van der Waals surface area contributed by atoms with Crippen LogP contribution in [0.2, 0.25) is 5.02 Å². The van der Waals surface area contributed by atoms with Crippen LogP contribution in [0, 0.1) is 0 Å². The average Bonchev–Trinajstić information content (AvgIpc) is 3.03. The number of aromatic nitrogens is 2. The summed E-state index contributed by atoms with van der Waals surface area (Å²) in [6.07, 6.45) is 2.63. The van der Waals surface area contributed by atoms with Crippen LogP contribution >= 0.6 is 24.0 Å². The number of hydrogen-bond donors (Lipinski definition) is 1. The van der Waals surface area contributed by atoms with Gasteiger partial charge in [-0.3, -0.25) is 0 Å². The molecule has 0 spiro atoms. The smallest absolute Gasteiger partial charge is 0.259 e. The second-order valence-corrected chi connectivity index (χ2v) is 8.51. The molecule has 1 heterocycles. The monoisotopic (exact) mass is 420 g/mol. The maximum atomic E-state index is 12.7. The summed E-state index contributed by atoms with van der Waals surface area (Å²) >= 11 is 6.23. The molecular formula is C16H22Cl2N4O3S. The van der Waals surface area contributed by atoms with Crippen molar-refractivity contribution in [3.8, 4) is 11.5 Å². The zero-order valence-corrected chi connectivity index (χ0v) is 17.0. The first-order valence-corrected chi connectivity index (χ1v) is 10.1. The highest BCUT2D eigenvalue weighted by atomic mass is 35.5. The van der Waals surface area contributed by atoms with Gasteiger partial charge in [-0.15, -0.1) is 12.4 Å². The lowest BCUT2D eigenvalue weighted by molar-refractivity contribution is 0.229. The lowest BCUT2D eigenvalue weighted by Gasteiger charge is -2.34. The van der Waals surface area contributed by atoms with Crippen LogP contribution in [0.4, 0.5) is 0 Å². The van der Waals surface area contributed by atoms with Gasteiger partial charge in [0.2, 0.25) is 10.0 Å². The standard InChI is InChI=1S/C16H21ClN4O3S.ClH/c1-3-21(4-2)25(22,23)11-6-7-13(17)12(10-11)14-19-15(20-24-14)16(18)8-5-9-16;/h6-7,10H,3-5,8-9,18H2,1-2H3;1H. The number of nitrogens with two attached hydrogens (primary N) is 1. The van der Waals surface area contributed by atoms with Gasteiger partial charge in [-0.1, -0.05) is 30.6 Å². The number of nitrogens with zero attached hydrogens (tertiary/aromatic N) is 3. The predicted octanol–water partition coefficient (Wildman–Crippen LogP) is 3.18. The Hall–Kier alpha value is -1.19. The van der Waals surface area contributed by atoms with Crippen molar-refractivity contribution in [2.24, 2.45) is 5.73 Å². The molecule has 3 rings (SSSR count). The highest BCUT2D eigenvalue weighted by Gasteiger charge is 2.39. The summed E-state index contributed by atoms with van der Waals surface area (Å²) in [5, 5.41) is 4.30. The maximum Gasteiger partial charge on any atom is 0.259 e. The Kier molecular flexibility index (Phi) is 6.35. The average molecular weight is 421 g/mol. The first-order chi connectivity index (χ1) is 11.8. The Morgan fingerprint density at radius 1 is 1.31 bits per heavy atom. The van der Waals surface area contributed by atoms with Gasteiger partial charge in [0, 0.05) is 13.1 Å². The van der Waals surface area contributed by atoms with Crippen LogP contribution < -0.4 is 5.73 Å². The van der Waals surface area contributed by atoms with Gasteiger partial charge in [-0.25, -0.2) is 8.42 Å². The van der Waals surface area contributed by atoms with Crippen molar-refractivity contribution >= 4 is 34.0 Å². The van der Waals surface area contributed by atoms with E-state index in [1.807, 2.05) is 0 Å². The minimum atomic E-state index is -3.60. The van der Waals surface area contributed by atoms with E-state index in [9.17, 15) is 8.42 Å². The summed E-state index contributed by atoms with van der Waals surface area (Å²) in [5.41, 5.74) is 6.04. The van der Waals surface area contributed by atoms with E-state index in [1.54, 1.807) is 13.8 Å². The van der Waals surface area contributed by atoms with Gasteiger partial charge in [-0.2, -0.15) is 9.29 Å². The largest absolute Gasteiger partial charge is 0.334 e. The van der Waals surface area contributed by atoms with E-state index in [4.69, 9.17) is 21.9 Å². The molecular weight excluding hydrogens is 399 g/mol. The van der Waals surface area contributed by atoms with Crippen LogP contribution in [-0.4, -0.2) is 36.0 Å². The van der Waals surface area contributed by atoms with Gasteiger partial charge < -0.3 is 10.3 Å². The minimum absolute atomic E-state index is 0. The van der Waals surface area contributed by atoms with E-state index in [-0.39, 0.29) is 23.2 Å². The van der Waals surface area contributed by atoms with Gasteiger partial charge >= 0.3 is 0 Å². The quantitative estimate of drug-likeness (QED) is 0.769. The lowest BCUT2D eigenvalue weighted by atomic mass is 9.77. The van der Waals surface area contributed by atoms with Crippen molar-refractivity contribution in [3.05, 3.63) is 29.0 Å². The van der Waals surface area contributed by atoms with Crippen LogP contribution in [0.25, 0.3) is 11.5 Å². The Morgan fingerprint density at radius 2 is 1.96 bits per heavy atom. The predicted molar refractivity (Wildman–Crippen MR) is 102 cm³/mol. The SMILES string of the molecule is CCN(CC)S(=O)(=O)c1ccc(Cl)c(-c2nc(C3(N)CCC3)no2)c1.Cl. The van der Waals surface area contributed by atoms with Gasteiger partial charge in [0.15, 0.2) is 5.82 Å². The van der Waals surface area contributed by atoms with Crippen LogP contribution in [-0.2, 0) is 15.6 Å². The molecule has 2 N–H and O–H groups in total. The molecule has 7 nitrogen and oxygen atoms in total. The summed E-state index contributed by atoms with van der Waals surface area (Å²) in [6, 6.07) is 4.48. The molecule has 1 fully saturated rings. The highest BCUT2D eigenvalue weighted by molar-refractivity contribution is 7.89. The Labute approximate surface area is 164 Å². The summed E-state index contributed by atoms with van der Waals surface area (Å²) in [7, 11) is -3.60. The topological polar surface area (TPSA) is 102 Å². The van der Waals surface area contributed by atoms with Crippen LogP contribution in [0.3, 0.4) is 0 Å². The number of halogens is 2. The van der Waals surface area contributed by atoms with Crippen molar-refractivity contribution in [3.63, 3.8) is 0 Å². The van der Waals surface area contributed by atoms with Crippen LogP contribution in [0.15, 0.2) is 27.6 Å². The van der Waals surface area contributed by atoms with Crippen molar-refractivity contribution in [1.82, 2.24) is 14.4 Å². The molecule has 0 saturated heterocycles. The normalized spacial score (nSPS) is 16.2. The zero-order chi connectivity index (χ0) is 18.2. The van der Waals surface area contributed by atoms with E-state index in [0.717, 1.165) is 19.3 Å².